The van der Waals surface area contributed by atoms with E-state index in [0.717, 1.165) is 12.5 Å². The van der Waals surface area contributed by atoms with E-state index in [9.17, 15) is 4.79 Å². The average molecular weight is 139 g/mol. The molecule has 0 aliphatic carbocycles. The van der Waals surface area contributed by atoms with Gasteiger partial charge < -0.3 is 5.11 Å². The largest absolute Gasteiger partial charge is 0.478 e. The third-order valence-corrected chi connectivity index (χ3v) is 0.496. The Kier molecular flexibility index (Phi) is 11.4. The summed E-state index contributed by atoms with van der Waals surface area (Å²) in [6.07, 6.45) is 3.52. The molecule has 3 heteroatoms. The molecule has 0 unspecified atom stereocenters. The maximum atomic E-state index is 9.67. The quantitative estimate of drug-likeness (QED) is 0.450. The van der Waals surface area contributed by atoms with Crippen molar-refractivity contribution >= 4 is 57.4 Å². The van der Waals surface area contributed by atoms with Crippen molar-refractivity contribution in [2.45, 2.75) is 13.3 Å². The van der Waals surface area contributed by atoms with Gasteiger partial charge in [-0.3, -0.25) is 0 Å². The molecule has 41 valence electrons. The Bertz CT molecular complexity index is 88.4. The summed E-state index contributed by atoms with van der Waals surface area (Å²) in [4.78, 5) is 9.67. The number of carbonyl (C=O) groups is 1. The Morgan fingerprint density at radius 2 is 2.25 bits per heavy atom. The van der Waals surface area contributed by atoms with Gasteiger partial charge >= 0.3 is 5.97 Å². The van der Waals surface area contributed by atoms with Crippen LogP contribution in [0.15, 0.2) is 12.2 Å². The summed E-state index contributed by atoms with van der Waals surface area (Å²) >= 11 is 0. The summed E-state index contributed by atoms with van der Waals surface area (Å²) in [5.41, 5.74) is 0. The number of hydrogen-bond acceptors (Lipinski definition) is 1. The van der Waals surface area contributed by atoms with E-state index >= 15 is 0 Å². The van der Waals surface area contributed by atoms with Crippen LogP contribution in [0.4, 0.5) is 0 Å². The first-order valence-corrected chi connectivity index (χ1v) is 2.17. The Morgan fingerprint density at radius 1 is 1.75 bits per heavy atom. The Labute approximate surface area is 91.4 Å². The summed E-state index contributed by atoms with van der Waals surface area (Å²) < 4.78 is 0. The van der Waals surface area contributed by atoms with Gasteiger partial charge in [0.2, 0.25) is 0 Å². The Morgan fingerprint density at radius 3 is 2.38 bits per heavy atom. The molecule has 0 rings (SSSR count). The topological polar surface area (TPSA) is 37.3 Å². The van der Waals surface area contributed by atoms with E-state index in [1.165, 1.54) is 0 Å². The second kappa shape index (κ2) is 7.85. The minimum atomic E-state index is -0.873. The normalized spacial score (nSPS) is 8.62. The Hall–Kier alpha value is 0.846. The zero-order valence-electron chi connectivity index (χ0n) is 5.22. The maximum absolute atomic E-state index is 9.67. The van der Waals surface area contributed by atoms with E-state index in [4.69, 9.17) is 5.11 Å². The molecule has 1 radical (unpaired) electrons. The second-order valence-electron chi connectivity index (χ2n) is 1.15. The van der Waals surface area contributed by atoms with Gasteiger partial charge in [-0.15, -0.1) is 0 Å². The van der Waals surface area contributed by atoms with Gasteiger partial charge in [-0.2, -0.15) is 0 Å². The summed E-state index contributed by atoms with van der Waals surface area (Å²) in [7, 11) is 0. The molecule has 0 bridgehead atoms. The molecule has 0 aliphatic heterocycles. The fraction of sp³-hybridized carbons (Fsp3) is 0.400. The van der Waals surface area contributed by atoms with Crippen molar-refractivity contribution in [3.05, 3.63) is 12.2 Å². The van der Waals surface area contributed by atoms with Gasteiger partial charge in [0.15, 0.2) is 0 Å². The molecule has 0 spiro atoms. The van der Waals surface area contributed by atoms with Crippen LogP contribution in [0.25, 0.3) is 0 Å². The molecule has 2 nitrogen and oxygen atoms in total. The molecule has 8 heavy (non-hydrogen) atoms. The maximum Gasteiger partial charge on any atom is 0.327 e. The van der Waals surface area contributed by atoms with Crippen molar-refractivity contribution in [2.24, 2.45) is 0 Å². The molecule has 0 fully saturated rings. The molecule has 0 amide bonds. The molecular weight excluding hydrogens is 131 g/mol. The number of hydrogen-bond donors (Lipinski definition) is 1. The molecule has 0 aliphatic rings. The molecular formula is C5H8KO2. The van der Waals surface area contributed by atoms with Crippen LogP contribution in [0.3, 0.4) is 0 Å². The van der Waals surface area contributed by atoms with Crippen molar-refractivity contribution in [1.29, 1.82) is 0 Å². The van der Waals surface area contributed by atoms with Gasteiger partial charge in [0.05, 0.1) is 0 Å². The van der Waals surface area contributed by atoms with E-state index in [-0.39, 0.29) is 51.4 Å². The third kappa shape index (κ3) is 9.96. The molecule has 0 atom stereocenters. The smallest absolute Gasteiger partial charge is 0.327 e. The molecule has 0 saturated heterocycles. The van der Waals surface area contributed by atoms with Gasteiger partial charge in [-0.25, -0.2) is 4.79 Å². The van der Waals surface area contributed by atoms with Crippen LogP contribution >= 0.6 is 0 Å². The Balaban J connectivity index is 0. The third-order valence-electron chi connectivity index (χ3n) is 0.496. The van der Waals surface area contributed by atoms with Crippen molar-refractivity contribution < 1.29 is 9.90 Å². The SMILES string of the molecule is CCC=CC(=O)O.[K]. The fourth-order valence-corrected chi connectivity index (χ4v) is 0.219. The van der Waals surface area contributed by atoms with Crippen molar-refractivity contribution in [3.8, 4) is 0 Å². The minimum absolute atomic E-state index is 0. The van der Waals surface area contributed by atoms with Crippen LogP contribution in [0.2, 0.25) is 0 Å². The van der Waals surface area contributed by atoms with Gasteiger partial charge in [0.1, 0.15) is 0 Å². The second-order valence-corrected chi connectivity index (χ2v) is 1.15. The molecule has 0 aromatic carbocycles. The van der Waals surface area contributed by atoms with E-state index in [1.54, 1.807) is 6.08 Å². The molecule has 0 aromatic rings. The van der Waals surface area contributed by atoms with Gasteiger partial charge in [-0.1, -0.05) is 13.0 Å². The number of carboxylic acids is 1. The van der Waals surface area contributed by atoms with Crippen LogP contribution in [0, 0.1) is 0 Å². The standard InChI is InChI=1S/C5H8O2.K/c1-2-3-4-5(6)7;/h3-4H,2H2,1H3,(H,6,7);. The first-order chi connectivity index (χ1) is 3.27. The molecule has 0 heterocycles. The summed E-state index contributed by atoms with van der Waals surface area (Å²) in [5.74, 6) is -0.873. The van der Waals surface area contributed by atoms with Crippen LogP contribution < -0.4 is 0 Å². The molecule has 1 N–H and O–H groups in total. The summed E-state index contributed by atoms with van der Waals surface area (Å²) in [6.45, 7) is 1.89. The number of aliphatic carboxylic acids is 1. The number of allylic oxidation sites excluding steroid dienone is 1. The van der Waals surface area contributed by atoms with Crippen LogP contribution in [0.5, 0.6) is 0 Å². The zero-order valence-corrected chi connectivity index (χ0v) is 8.34. The van der Waals surface area contributed by atoms with E-state index in [2.05, 4.69) is 0 Å². The molecule has 0 aromatic heterocycles. The van der Waals surface area contributed by atoms with Crippen LogP contribution in [-0.2, 0) is 4.79 Å². The van der Waals surface area contributed by atoms with Gasteiger partial charge in [-0.05, 0) is 6.42 Å². The summed E-state index contributed by atoms with van der Waals surface area (Å²) in [5, 5.41) is 7.96. The monoisotopic (exact) mass is 139 g/mol. The van der Waals surface area contributed by atoms with Crippen molar-refractivity contribution in [2.75, 3.05) is 0 Å². The van der Waals surface area contributed by atoms with Gasteiger partial charge in [0, 0.05) is 57.5 Å². The number of rotatable bonds is 2. The van der Waals surface area contributed by atoms with Gasteiger partial charge in [0.25, 0.3) is 0 Å². The number of carboxylic acid groups (broad SMARTS) is 1. The predicted octanol–water partition coefficient (Wildman–Crippen LogP) is 0.656. The fourth-order valence-electron chi connectivity index (χ4n) is 0.219. The average Bonchev–Trinajstić information content (AvgIpc) is 1.61. The summed E-state index contributed by atoms with van der Waals surface area (Å²) in [6, 6.07) is 0. The van der Waals surface area contributed by atoms with E-state index < -0.39 is 5.97 Å². The molecule has 0 saturated carbocycles. The van der Waals surface area contributed by atoms with Crippen LogP contribution in [-0.4, -0.2) is 62.5 Å². The van der Waals surface area contributed by atoms with Crippen molar-refractivity contribution in [1.82, 2.24) is 0 Å². The van der Waals surface area contributed by atoms with E-state index in [1.807, 2.05) is 6.92 Å². The first-order valence-electron chi connectivity index (χ1n) is 2.17. The zero-order chi connectivity index (χ0) is 5.70. The predicted molar refractivity (Wildman–Crippen MR) is 32.8 cm³/mol. The first kappa shape index (κ1) is 11.6. The minimum Gasteiger partial charge on any atom is -0.478 e. The van der Waals surface area contributed by atoms with Crippen molar-refractivity contribution in [3.63, 3.8) is 0 Å². The van der Waals surface area contributed by atoms with E-state index in [0.29, 0.717) is 0 Å². The van der Waals surface area contributed by atoms with Crippen LogP contribution in [0.1, 0.15) is 13.3 Å².